The zero-order chi connectivity index (χ0) is 41.9. The van der Waals surface area contributed by atoms with E-state index in [-0.39, 0.29) is 12.8 Å². The van der Waals surface area contributed by atoms with E-state index in [0.717, 1.165) is 38.0 Å². The van der Waals surface area contributed by atoms with Crippen molar-refractivity contribution < 1.29 is 66.7 Å². The highest BCUT2D eigenvalue weighted by Gasteiger charge is 2.28. The molecule has 14 nitrogen and oxygen atoms in total. The van der Waals surface area contributed by atoms with E-state index in [9.17, 15) is 33.8 Å². The summed E-state index contributed by atoms with van der Waals surface area (Å²) in [6.45, 7) is 3.72. The molecule has 2 unspecified atom stereocenters. The number of phosphoric acid groups is 2. The van der Waals surface area contributed by atoms with Gasteiger partial charge in [0.15, 0.2) is 6.10 Å². The van der Waals surface area contributed by atoms with Crippen LogP contribution >= 0.6 is 15.6 Å². The normalized spacial score (nSPS) is 15.4. The Hall–Kier alpha value is -2.22. The van der Waals surface area contributed by atoms with E-state index in [1.165, 1.54) is 32.1 Å². The molecular formula is C40H70O14P2. The minimum atomic E-state index is -4.87. The van der Waals surface area contributed by atoms with Crippen LogP contribution in [0.4, 0.5) is 0 Å². The maximum absolute atomic E-state index is 12.6. The molecule has 0 aliphatic rings. The zero-order valence-corrected chi connectivity index (χ0v) is 35.5. The topological polar surface area (TPSA) is 216 Å². The molecule has 0 fully saturated rings. The number of ether oxygens (including phenoxy) is 2. The van der Waals surface area contributed by atoms with Crippen molar-refractivity contribution in [2.45, 2.75) is 148 Å². The molecular weight excluding hydrogens is 766 g/mol. The van der Waals surface area contributed by atoms with Crippen molar-refractivity contribution in [3.8, 4) is 0 Å². The number of carbonyl (C=O) groups excluding carboxylic acids is 2. The molecule has 0 heterocycles. The molecule has 0 bridgehead atoms. The van der Waals surface area contributed by atoms with Crippen molar-refractivity contribution in [1.82, 2.24) is 0 Å². The molecule has 0 radical (unpaired) electrons. The van der Waals surface area contributed by atoms with E-state index >= 15 is 0 Å². The monoisotopic (exact) mass is 836 g/mol. The molecule has 4 atom stereocenters. The van der Waals surface area contributed by atoms with Crippen LogP contribution in [0.15, 0.2) is 60.8 Å². The third-order valence-electron chi connectivity index (χ3n) is 7.92. The van der Waals surface area contributed by atoms with Crippen molar-refractivity contribution >= 4 is 27.6 Å². The van der Waals surface area contributed by atoms with Crippen molar-refractivity contribution in [3.63, 3.8) is 0 Å². The Kier molecular flexibility index (Phi) is 33.4. The molecule has 0 aliphatic carbocycles. The number of rotatable bonds is 36. The van der Waals surface area contributed by atoms with Gasteiger partial charge in [0.05, 0.1) is 25.9 Å². The van der Waals surface area contributed by atoms with E-state index in [1.807, 2.05) is 36.5 Å². The summed E-state index contributed by atoms with van der Waals surface area (Å²) in [4.78, 5) is 52.5. The first kappa shape index (κ1) is 53.8. The van der Waals surface area contributed by atoms with Crippen LogP contribution in [0.25, 0.3) is 0 Å². The van der Waals surface area contributed by atoms with Gasteiger partial charge in [0, 0.05) is 12.8 Å². The van der Waals surface area contributed by atoms with Crippen LogP contribution in [0, 0.1) is 5.92 Å². The van der Waals surface area contributed by atoms with Gasteiger partial charge in [-0.3, -0.25) is 23.2 Å². The lowest BCUT2D eigenvalue weighted by molar-refractivity contribution is -0.161. The molecule has 0 amide bonds. The third-order valence-corrected chi connectivity index (χ3v) is 9.36. The van der Waals surface area contributed by atoms with Crippen LogP contribution in [-0.2, 0) is 41.8 Å². The van der Waals surface area contributed by atoms with Gasteiger partial charge in [0.2, 0.25) is 0 Å². The van der Waals surface area contributed by atoms with Gasteiger partial charge in [0.25, 0.3) is 0 Å². The molecule has 0 spiro atoms. The average molecular weight is 837 g/mol. The fourth-order valence-corrected chi connectivity index (χ4v) is 6.04. The van der Waals surface area contributed by atoms with Gasteiger partial charge in [-0.15, -0.1) is 0 Å². The Morgan fingerprint density at radius 1 is 0.643 bits per heavy atom. The second kappa shape index (κ2) is 34.8. The molecule has 5 N–H and O–H groups in total. The van der Waals surface area contributed by atoms with Gasteiger partial charge in [-0.1, -0.05) is 133 Å². The minimum Gasteiger partial charge on any atom is -0.462 e. The van der Waals surface area contributed by atoms with Gasteiger partial charge in [-0.2, -0.15) is 0 Å². The third kappa shape index (κ3) is 38.6. The predicted octanol–water partition coefficient (Wildman–Crippen LogP) is 8.49. The molecule has 324 valence electrons. The van der Waals surface area contributed by atoms with Gasteiger partial charge < -0.3 is 34.4 Å². The summed E-state index contributed by atoms with van der Waals surface area (Å²) in [5.41, 5.74) is 0. The van der Waals surface area contributed by atoms with Crippen molar-refractivity contribution in [2.24, 2.45) is 5.92 Å². The number of esters is 2. The molecule has 0 saturated carbocycles. The Morgan fingerprint density at radius 2 is 1.23 bits per heavy atom. The number of hydrogen-bond donors (Lipinski definition) is 5. The van der Waals surface area contributed by atoms with Crippen molar-refractivity contribution in [3.05, 3.63) is 60.8 Å². The van der Waals surface area contributed by atoms with Gasteiger partial charge >= 0.3 is 27.6 Å². The molecule has 0 aromatic heterocycles. The van der Waals surface area contributed by atoms with Crippen molar-refractivity contribution in [1.29, 1.82) is 0 Å². The number of unbranched alkanes of at least 4 members (excludes halogenated alkanes) is 8. The molecule has 0 aromatic carbocycles. The molecule has 56 heavy (non-hydrogen) atoms. The quantitative estimate of drug-likeness (QED) is 0.0132. The van der Waals surface area contributed by atoms with Crippen LogP contribution in [-0.4, -0.2) is 81.6 Å². The maximum Gasteiger partial charge on any atom is 0.472 e. The Balaban J connectivity index is 4.74. The Bertz CT molecular complexity index is 1260. The minimum absolute atomic E-state index is 0.0192. The number of phosphoric ester groups is 2. The second-order valence-corrected chi connectivity index (χ2v) is 16.6. The average Bonchev–Trinajstić information content (AvgIpc) is 3.13. The summed E-state index contributed by atoms with van der Waals surface area (Å²) < 4.78 is 47.5. The summed E-state index contributed by atoms with van der Waals surface area (Å²) in [6, 6.07) is 0. The highest BCUT2D eigenvalue weighted by atomic mass is 31.2. The summed E-state index contributed by atoms with van der Waals surface area (Å²) >= 11 is 0. The van der Waals surface area contributed by atoms with E-state index < -0.39 is 72.3 Å². The highest BCUT2D eigenvalue weighted by molar-refractivity contribution is 7.47. The van der Waals surface area contributed by atoms with E-state index in [1.54, 1.807) is 12.2 Å². The van der Waals surface area contributed by atoms with E-state index in [2.05, 4.69) is 42.0 Å². The molecule has 16 heteroatoms. The van der Waals surface area contributed by atoms with Crippen LogP contribution < -0.4 is 0 Å². The van der Waals surface area contributed by atoms with Crippen molar-refractivity contribution in [2.75, 3.05) is 26.4 Å². The predicted molar refractivity (Wildman–Crippen MR) is 217 cm³/mol. The standard InChI is InChI=1S/C40H70O14P2/c1-4-5-6-7-17-22-27-36(41)28-23-18-13-9-11-15-20-25-30-40(44)54-38(34-53-56(48,49)52-32-37(42)31-51-55(45,46)47)33-50-39(43)29-24-19-14-10-8-12-16-21-26-35(2)3/h5-6,11,13,15,17-18,22-23,28,35-38,41-42H,4,7-10,12,14,16,19-21,24-27,29-34H2,1-3H3,(H,48,49)(H2,45,46,47)/b6-5-,15-11-,18-13-,22-17-,28-23+/t36?,37-,38+/m0/s1. The van der Waals surface area contributed by atoms with Gasteiger partial charge in [-0.05, 0) is 50.9 Å². The van der Waals surface area contributed by atoms with Crippen LogP contribution in [0.1, 0.15) is 130 Å². The first-order valence-corrected chi connectivity index (χ1v) is 23.0. The van der Waals surface area contributed by atoms with Crippen LogP contribution in [0.3, 0.4) is 0 Å². The lowest BCUT2D eigenvalue weighted by atomic mass is 10.0. The fourth-order valence-electron chi connectivity index (χ4n) is 4.89. The summed E-state index contributed by atoms with van der Waals surface area (Å²) in [6.07, 6.45) is 30.0. The maximum atomic E-state index is 12.6. The Morgan fingerprint density at radius 3 is 1.91 bits per heavy atom. The summed E-state index contributed by atoms with van der Waals surface area (Å²) in [5.74, 6) is -0.412. The fraction of sp³-hybridized carbons (Fsp3) is 0.700. The Labute approximate surface area is 334 Å². The molecule has 0 saturated heterocycles. The molecule has 0 aromatic rings. The number of aliphatic hydroxyl groups is 2. The number of allylic oxidation sites excluding steroid dienone is 8. The first-order chi connectivity index (χ1) is 26.6. The van der Waals surface area contributed by atoms with Crippen LogP contribution in [0.5, 0.6) is 0 Å². The SMILES string of the molecule is CC/C=C\C/C=C\CC(O)/C=C/C=C\C/C=C\CCCC(=O)O[C@H](COC(=O)CCCCCCCCCCC(C)C)COP(=O)(O)OC[C@@H](O)COP(=O)(O)O. The number of carbonyl (C=O) groups is 2. The first-order valence-electron chi connectivity index (χ1n) is 19.9. The molecule has 0 aliphatic heterocycles. The zero-order valence-electron chi connectivity index (χ0n) is 33.7. The van der Waals surface area contributed by atoms with Crippen LogP contribution in [0.2, 0.25) is 0 Å². The summed E-state index contributed by atoms with van der Waals surface area (Å²) in [5, 5.41) is 19.7. The van der Waals surface area contributed by atoms with E-state index in [4.69, 9.17) is 23.8 Å². The number of aliphatic hydroxyl groups excluding tert-OH is 2. The van der Waals surface area contributed by atoms with E-state index in [0.29, 0.717) is 32.1 Å². The molecule has 0 rings (SSSR count). The largest absolute Gasteiger partial charge is 0.472 e. The second-order valence-electron chi connectivity index (χ2n) is 13.9. The highest BCUT2D eigenvalue weighted by Crippen LogP contribution is 2.43. The smallest absolute Gasteiger partial charge is 0.462 e. The lowest BCUT2D eigenvalue weighted by Gasteiger charge is -2.20. The number of hydrogen-bond acceptors (Lipinski definition) is 11. The van der Waals surface area contributed by atoms with Gasteiger partial charge in [-0.25, -0.2) is 9.13 Å². The lowest BCUT2D eigenvalue weighted by Crippen LogP contribution is -2.29. The summed E-state index contributed by atoms with van der Waals surface area (Å²) in [7, 11) is -9.71. The van der Waals surface area contributed by atoms with Gasteiger partial charge in [0.1, 0.15) is 12.7 Å².